The molecule has 98 valence electrons. The van der Waals surface area contributed by atoms with Crippen molar-refractivity contribution >= 4 is 34.1 Å². The lowest BCUT2D eigenvalue weighted by molar-refractivity contribution is 0.310. The molecule has 18 heavy (non-hydrogen) atoms. The van der Waals surface area contributed by atoms with Crippen molar-refractivity contribution in [2.45, 2.75) is 26.3 Å². The van der Waals surface area contributed by atoms with E-state index in [1.54, 1.807) is 12.1 Å². The molecule has 0 atom stereocenters. The fraction of sp³-hybridized carbons (Fsp3) is 0.333. The van der Waals surface area contributed by atoms with E-state index in [1.165, 1.54) is 0 Å². The molecule has 0 saturated carbocycles. The third-order valence-electron chi connectivity index (χ3n) is 2.04. The molecule has 5 nitrogen and oxygen atoms in total. The largest absolute Gasteiger partial charge is 0.410 e. The summed E-state index contributed by atoms with van der Waals surface area (Å²) in [5, 5.41) is 27.5. The Kier molecular flexibility index (Phi) is 4.94. The van der Waals surface area contributed by atoms with Crippen LogP contribution in [-0.2, 0) is 0 Å². The molecular formula is C12H16IN3O2. The van der Waals surface area contributed by atoms with Gasteiger partial charge < -0.3 is 15.7 Å². The van der Waals surface area contributed by atoms with Gasteiger partial charge in [-0.25, -0.2) is 0 Å². The molecule has 0 amide bonds. The second kappa shape index (κ2) is 6.03. The summed E-state index contributed by atoms with van der Waals surface area (Å²) in [5.41, 5.74) is 0.562. The van der Waals surface area contributed by atoms with Gasteiger partial charge >= 0.3 is 0 Å². The molecule has 0 heterocycles. The van der Waals surface area contributed by atoms with Gasteiger partial charge in [-0.15, -0.1) is 0 Å². The van der Waals surface area contributed by atoms with Crippen LogP contribution in [0.2, 0.25) is 0 Å². The van der Waals surface area contributed by atoms with Gasteiger partial charge in [0.1, 0.15) is 0 Å². The van der Waals surface area contributed by atoms with Gasteiger partial charge in [-0.05, 0) is 55.5 Å². The van der Waals surface area contributed by atoms with E-state index in [0.29, 0.717) is 5.56 Å². The van der Waals surface area contributed by atoms with E-state index in [1.807, 2.05) is 32.9 Å². The van der Waals surface area contributed by atoms with Crippen LogP contribution in [0.25, 0.3) is 0 Å². The first-order chi connectivity index (χ1) is 8.37. The first-order valence-corrected chi connectivity index (χ1v) is 6.44. The third kappa shape index (κ3) is 4.17. The molecule has 1 aromatic carbocycles. The molecule has 0 fully saturated rings. The number of halogens is 1. The van der Waals surface area contributed by atoms with E-state index in [0.717, 1.165) is 3.57 Å². The van der Waals surface area contributed by atoms with Gasteiger partial charge in [-0.3, -0.25) is 0 Å². The summed E-state index contributed by atoms with van der Waals surface area (Å²) in [7, 11) is 0. The summed E-state index contributed by atoms with van der Waals surface area (Å²) in [6.07, 6.45) is 0. The van der Waals surface area contributed by atoms with Crippen LogP contribution in [0.3, 0.4) is 0 Å². The molecule has 1 rings (SSSR count). The van der Waals surface area contributed by atoms with Gasteiger partial charge in [0.15, 0.2) is 11.5 Å². The van der Waals surface area contributed by atoms with Crippen molar-refractivity contribution in [3.05, 3.63) is 33.4 Å². The van der Waals surface area contributed by atoms with Crippen molar-refractivity contribution in [2.24, 2.45) is 10.3 Å². The van der Waals surface area contributed by atoms with Gasteiger partial charge in [0.05, 0.1) is 0 Å². The van der Waals surface area contributed by atoms with Gasteiger partial charge in [0, 0.05) is 14.7 Å². The fourth-order valence-corrected chi connectivity index (χ4v) is 1.70. The highest BCUT2D eigenvalue weighted by molar-refractivity contribution is 14.1. The maximum absolute atomic E-state index is 9.10. The third-order valence-corrected chi connectivity index (χ3v) is 2.75. The summed E-state index contributed by atoms with van der Waals surface area (Å²) < 4.78 is 1.07. The zero-order chi connectivity index (χ0) is 13.8. The molecule has 0 aliphatic rings. The summed E-state index contributed by atoms with van der Waals surface area (Å²) in [4.78, 5) is 0. The van der Waals surface area contributed by atoms with Gasteiger partial charge in [-0.2, -0.15) is 0 Å². The van der Waals surface area contributed by atoms with E-state index >= 15 is 0 Å². The zero-order valence-corrected chi connectivity index (χ0v) is 12.6. The van der Waals surface area contributed by atoms with Crippen LogP contribution in [0.15, 0.2) is 34.6 Å². The predicted octanol–water partition coefficient (Wildman–Crippen LogP) is 2.65. The molecule has 0 aliphatic heterocycles. The number of hydrogen-bond donors (Lipinski definition) is 3. The first kappa shape index (κ1) is 14.7. The molecule has 0 radical (unpaired) electrons. The Labute approximate surface area is 120 Å². The fourth-order valence-electron chi connectivity index (χ4n) is 1.34. The normalized spacial score (nSPS) is 13.6. The van der Waals surface area contributed by atoms with Crippen LogP contribution in [0.4, 0.5) is 0 Å². The lowest BCUT2D eigenvalue weighted by Gasteiger charge is -2.22. The number of rotatable bonds is 2. The van der Waals surface area contributed by atoms with Crippen LogP contribution in [0, 0.1) is 3.57 Å². The highest BCUT2D eigenvalue weighted by Gasteiger charge is 2.19. The summed E-state index contributed by atoms with van der Waals surface area (Å²) in [5.74, 6) is 0.131. The number of oxime groups is 2. The Morgan fingerprint density at radius 1 is 1.11 bits per heavy atom. The van der Waals surface area contributed by atoms with Gasteiger partial charge in [0.25, 0.3) is 0 Å². The molecule has 0 saturated heterocycles. The van der Waals surface area contributed by atoms with Crippen molar-refractivity contribution < 1.29 is 10.4 Å². The SMILES string of the molecule is CC(C)(C)NC(=N\O)/C(=N\O)c1ccc(I)cc1. The average Bonchev–Trinajstić information content (AvgIpc) is 2.29. The smallest absolute Gasteiger partial charge is 0.195 e. The van der Waals surface area contributed by atoms with Crippen LogP contribution in [-0.4, -0.2) is 27.5 Å². The Morgan fingerprint density at radius 3 is 2.06 bits per heavy atom. The molecule has 6 heteroatoms. The quantitative estimate of drug-likeness (QED) is 0.249. The highest BCUT2D eigenvalue weighted by atomic mass is 127. The molecular weight excluding hydrogens is 345 g/mol. The monoisotopic (exact) mass is 361 g/mol. The Morgan fingerprint density at radius 2 is 1.67 bits per heavy atom. The number of nitrogens with zero attached hydrogens (tertiary/aromatic N) is 2. The van der Waals surface area contributed by atoms with Crippen LogP contribution in [0.1, 0.15) is 26.3 Å². The maximum atomic E-state index is 9.10. The molecule has 0 spiro atoms. The van der Waals surface area contributed by atoms with Crippen molar-refractivity contribution in [1.29, 1.82) is 0 Å². The molecule has 3 N–H and O–H groups in total. The van der Waals surface area contributed by atoms with Crippen molar-refractivity contribution in [2.75, 3.05) is 0 Å². The molecule has 0 aromatic heterocycles. The van der Waals surface area contributed by atoms with Crippen molar-refractivity contribution in [1.82, 2.24) is 5.32 Å². The minimum absolute atomic E-state index is 0.131. The minimum Gasteiger partial charge on any atom is -0.410 e. The van der Waals surface area contributed by atoms with Crippen LogP contribution >= 0.6 is 22.6 Å². The number of amidine groups is 1. The molecule has 1 aromatic rings. The standard InChI is InChI=1S/C12H16IN3O2/c1-12(2,3)14-11(16-18)10(15-17)8-4-6-9(13)7-5-8/h4-7,17-18H,1-3H3,(H,14,16)/b15-10-. The van der Waals surface area contributed by atoms with E-state index in [9.17, 15) is 0 Å². The lowest BCUT2D eigenvalue weighted by atomic mass is 10.1. The number of hydrogen-bond acceptors (Lipinski definition) is 4. The summed E-state index contributed by atoms with van der Waals surface area (Å²) >= 11 is 2.18. The predicted molar refractivity (Wildman–Crippen MR) is 79.6 cm³/mol. The first-order valence-electron chi connectivity index (χ1n) is 5.36. The van der Waals surface area contributed by atoms with E-state index in [2.05, 4.69) is 38.2 Å². The van der Waals surface area contributed by atoms with E-state index in [4.69, 9.17) is 10.4 Å². The summed E-state index contributed by atoms with van der Waals surface area (Å²) in [6, 6.07) is 7.36. The van der Waals surface area contributed by atoms with Gasteiger partial charge in [-0.1, -0.05) is 22.4 Å². The average molecular weight is 361 g/mol. The van der Waals surface area contributed by atoms with E-state index < -0.39 is 0 Å². The highest BCUT2D eigenvalue weighted by Crippen LogP contribution is 2.09. The van der Waals surface area contributed by atoms with E-state index in [-0.39, 0.29) is 17.1 Å². The summed E-state index contributed by atoms with van der Waals surface area (Å²) in [6.45, 7) is 5.75. The second-order valence-corrected chi connectivity index (χ2v) is 6.02. The minimum atomic E-state index is -0.305. The number of benzene rings is 1. The molecule has 0 aliphatic carbocycles. The lowest BCUT2D eigenvalue weighted by Crippen LogP contribution is -2.44. The zero-order valence-electron chi connectivity index (χ0n) is 10.5. The van der Waals surface area contributed by atoms with Crippen LogP contribution in [0.5, 0.6) is 0 Å². The topological polar surface area (TPSA) is 77.2 Å². The molecule has 0 bridgehead atoms. The van der Waals surface area contributed by atoms with Crippen molar-refractivity contribution in [3.63, 3.8) is 0 Å². The second-order valence-electron chi connectivity index (χ2n) is 4.78. The molecule has 0 unspecified atom stereocenters. The Balaban J connectivity index is 3.06. The van der Waals surface area contributed by atoms with Crippen molar-refractivity contribution in [3.8, 4) is 0 Å². The number of nitrogens with one attached hydrogen (secondary N) is 1. The maximum Gasteiger partial charge on any atom is 0.195 e. The van der Waals surface area contributed by atoms with Gasteiger partial charge in [0.2, 0.25) is 0 Å². The van der Waals surface area contributed by atoms with Crippen LogP contribution < -0.4 is 5.32 Å². The Hall–Kier alpha value is -1.31. The Bertz CT molecular complexity index is 461.